The molecule has 1 atom stereocenters. The molecule has 0 unspecified atom stereocenters. The van der Waals surface area contributed by atoms with Gasteiger partial charge in [0.25, 0.3) is 0 Å². The molecule has 2 heterocycles. The second kappa shape index (κ2) is 7.28. The van der Waals surface area contributed by atoms with E-state index < -0.39 is 0 Å². The van der Waals surface area contributed by atoms with Crippen LogP contribution in [0.5, 0.6) is 0 Å². The van der Waals surface area contributed by atoms with Crippen LogP contribution in [-0.4, -0.2) is 33.4 Å². The highest BCUT2D eigenvalue weighted by atomic mass is 19.1. The predicted molar refractivity (Wildman–Crippen MR) is 99.3 cm³/mol. The van der Waals surface area contributed by atoms with Crippen molar-refractivity contribution in [3.8, 4) is 0 Å². The van der Waals surface area contributed by atoms with Gasteiger partial charge in [-0.15, -0.1) is 0 Å². The van der Waals surface area contributed by atoms with Crippen molar-refractivity contribution in [1.82, 2.24) is 14.5 Å². The Labute approximate surface area is 152 Å². The Kier molecular flexibility index (Phi) is 4.69. The third-order valence-corrected chi connectivity index (χ3v) is 5.20. The van der Waals surface area contributed by atoms with E-state index in [-0.39, 0.29) is 17.6 Å². The fraction of sp³-hybridized carbons (Fsp3) is 0.333. The van der Waals surface area contributed by atoms with Crippen molar-refractivity contribution in [3.05, 3.63) is 66.2 Å². The van der Waals surface area contributed by atoms with Crippen molar-refractivity contribution in [2.24, 2.45) is 0 Å². The number of benzene rings is 2. The summed E-state index contributed by atoms with van der Waals surface area (Å²) in [5, 5.41) is 0. The maximum atomic E-state index is 13.2. The molecule has 134 valence electrons. The molecule has 5 heteroatoms. The minimum atomic E-state index is -0.220. The first kappa shape index (κ1) is 16.8. The molecule has 4 nitrogen and oxygen atoms in total. The average molecular weight is 351 g/mol. The summed E-state index contributed by atoms with van der Waals surface area (Å²) < 4.78 is 15.1. The molecule has 26 heavy (non-hydrogen) atoms. The predicted octanol–water partition coefficient (Wildman–Crippen LogP) is 3.97. The number of imidazole rings is 1. The van der Waals surface area contributed by atoms with E-state index in [1.54, 1.807) is 6.33 Å². The number of likely N-dealkylation sites (tertiary alicyclic amines) is 1. The normalized spacial score (nSPS) is 18.0. The highest BCUT2D eigenvalue weighted by molar-refractivity contribution is 5.80. The van der Waals surface area contributed by atoms with Crippen molar-refractivity contribution in [1.29, 1.82) is 0 Å². The van der Waals surface area contributed by atoms with Crippen LogP contribution in [0.3, 0.4) is 0 Å². The van der Waals surface area contributed by atoms with E-state index in [1.807, 2.05) is 45.9 Å². The van der Waals surface area contributed by atoms with E-state index in [1.165, 1.54) is 12.1 Å². The zero-order chi connectivity index (χ0) is 17.9. The van der Waals surface area contributed by atoms with Gasteiger partial charge >= 0.3 is 0 Å². The van der Waals surface area contributed by atoms with Crippen LogP contribution in [0.4, 0.5) is 4.39 Å². The monoisotopic (exact) mass is 351 g/mol. The molecule has 0 spiro atoms. The van der Waals surface area contributed by atoms with E-state index in [0.717, 1.165) is 42.4 Å². The number of fused-ring (bicyclic) bond motifs is 1. The van der Waals surface area contributed by atoms with Gasteiger partial charge in [0.05, 0.1) is 17.4 Å². The number of amides is 1. The first-order chi connectivity index (χ1) is 12.7. The van der Waals surface area contributed by atoms with Gasteiger partial charge in [0, 0.05) is 19.0 Å². The van der Waals surface area contributed by atoms with Gasteiger partial charge < -0.3 is 9.47 Å². The summed E-state index contributed by atoms with van der Waals surface area (Å²) in [6.45, 7) is 1.77. The van der Waals surface area contributed by atoms with Crippen LogP contribution in [0.1, 0.15) is 30.7 Å². The zero-order valence-electron chi connectivity index (χ0n) is 14.6. The summed E-state index contributed by atoms with van der Waals surface area (Å²) in [6.07, 6.45) is 4.86. The van der Waals surface area contributed by atoms with Crippen molar-refractivity contribution < 1.29 is 9.18 Å². The van der Waals surface area contributed by atoms with Gasteiger partial charge in [0.15, 0.2) is 0 Å². The molecule has 1 aromatic heterocycles. The highest BCUT2D eigenvalue weighted by Gasteiger charge is 2.23. The summed E-state index contributed by atoms with van der Waals surface area (Å²) in [4.78, 5) is 19.2. The Bertz CT molecular complexity index is 903. The first-order valence-electron chi connectivity index (χ1n) is 9.14. The molecule has 1 fully saturated rings. The average Bonchev–Trinajstić information content (AvgIpc) is 2.89. The molecule has 0 saturated carbocycles. The van der Waals surface area contributed by atoms with Crippen molar-refractivity contribution >= 4 is 16.9 Å². The standard InChI is InChI=1S/C21H22FN3O/c22-18-10-8-16(9-11-18)17-5-3-4-12-24(13-17)21(26)14-25-15-23-19-6-1-2-7-20(19)25/h1-2,6-11,15,17H,3-5,12-14H2/t17-/m1/s1. The summed E-state index contributed by atoms with van der Waals surface area (Å²) in [5.74, 6) is 0.158. The molecule has 0 N–H and O–H groups in total. The van der Waals surface area contributed by atoms with Gasteiger partial charge in [-0.25, -0.2) is 9.37 Å². The molecular weight excluding hydrogens is 329 g/mol. The van der Waals surface area contributed by atoms with E-state index >= 15 is 0 Å². The van der Waals surface area contributed by atoms with E-state index in [2.05, 4.69) is 4.98 Å². The summed E-state index contributed by atoms with van der Waals surface area (Å²) in [7, 11) is 0. The van der Waals surface area contributed by atoms with Crippen molar-refractivity contribution in [3.63, 3.8) is 0 Å². The molecule has 4 rings (SSSR count). The van der Waals surface area contributed by atoms with Gasteiger partial charge in [-0.1, -0.05) is 30.7 Å². The number of rotatable bonds is 3. The van der Waals surface area contributed by atoms with E-state index in [9.17, 15) is 9.18 Å². The van der Waals surface area contributed by atoms with Crippen LogP contribution in [-0.2, 0) is 11.3 Å². The van der Waals surface area contributed by atoms with Gasteiger partial charge in [-0.2, -0.15) is 0 Å². The van der Waals surface area contributed by atoms with Crippen molar-refractivity contribution in [2.75, 3.05) is 13.1 Å². The molecular formula is C21H22FN3O. The highest BCUT2D eigenvalue weighted by Crippen LogP contribution is 2.27. The Morgan fingerprint density at radius 2 is 1.92 bits per heavy atom. The fourth-order valence-corrected chi connectivity index (χ4v) is 3.76. The molecule has 1 amide bonds. The number of para-hydroxylation sites is 2. The minimum Gasteiger partial charge on any atom is -0.341 e. The van der Waals surface area contributed by atoms with E-state index in [0.29, 0.717) is 13.1 Å². The lowest BCUT2D eigenvalue weighted by molar-refractivity contribution is -0.131. The smallest absolute Gasteiger partial charge is 0.242 e. The second-order valence-electron chi connectivity index (χ2n) is 6.95. The SMILES string of the molecule is O=C(Cn1cnc2ccccc21)N1CCCC[C@@H](c2ccc(F)cc2)C1. The third kappa shape index (κ3) is 3.47. The Balaban J connectivity index is 1.50. The van der Waals surface area contributed by atoms with Crippen LogP contribution in [0.25, 0.3) is 11.0 Å². The molecule has 3 aromatic rings. The van der Waals surface area contributed by atoms with Crippen LogP contribution in [0.2, 0.25) is 0 Å². The van der Waals surface area contributed by atoms with Crippen molar-refractivity contribution in [2.45, 2.75) is 31.7 Å². The lowest BCUT2D eigenvalue weighted by Gasteiger charge is -2.25. The van der Waals surface area contributed by atoms with Crippen LogP contribution in [0.15, 0.2) is 54.9 Å². The minimum absolute atomic E-state index is 0.113. The van der Waals surface area contributed by atoms with Gasteiger partial charge in [0.1, 0.15) is 12.4 Å². The quantitative estimate of drug-likeness (QED) is 0.716. The Morgan fingerprint density at radius 3 is 2.77 bits per heavy atom. The summed E-state index contributed by atoms with van der Waals surface area (Å²) >= 11 is 0. The summed E-state index contributed by atoms with van der Waals surface area (Å²) in [6, 6.07) is 14.5. The van der Waals surface area contributed by atoms with Crippen LogP contribution >= 0.6 is 0 Å². The van der Waals surface area contributed by atoms with Crippen LogP contribution < -0.4 is 0 Å². The number of carbonyl (C=O) groups is 1. The molecule has 1 aliphatic heterocycles. The van der Waals surface area contributed by atoms with Gasteiger partial charge in [-0.05, 0) is 42.7 Å². The van der Waals surface area contributed by atoms with Crippen LogP contribution in [0, 0.1) is 5.82 Å². The van der Waals surface area contributed by atoms with Gasteiger partial charge in [-0.3, -0.25) is 4.79 Å². The lowest BCUT2D eigenvalue weighted by atomic mass is 9.94. The Hall–Kier alpha value is -2.69. The zero-order valence-corrected chi connectivity index (χ0v) is 14.6. The largest absolute Gasteiger partial charge is 0.341 e. The first-order valence-corrected chi connectivity index (χ1v) is 9.14. The maximum Gasteiger partial charge on any atom is 0.242 e. The number of aromatic nitrogens is 2. The molecule has 2 aromatic carbocycles. The summed E-state index contributed by atoms with van der Waals surface area (Å²) in [5.41, 5.74) is 2.99. The van der Waals surface area contributed by atoms with Gasteiger partial charge in [0.2, 0.25) is 5.91 Å². The molecule has 0 radical (unpaired) electrons. The second-order valence-corrected chi connectivity index (χ2v) is 6.95. The topological polar surface area (TPSA) is 38.1 Å². The third-order valence-electron chi connectivity index (χ3n) is 5.20. The van der Waals surface area contributed by atoms with E-state index in [4.69, 9.17) is 0 Å². The molecule has 1 aliphatic rings. The number of halogens is 1. The number of hydrogen-bond acceptors (Lipinski definition) is 2. The molecule has 0 bridgehead atoms. The Morgan fingerprint density at radius 1 is 1.12 bits per heavy atom. The maximum absolute atomic E-state index is 13.2. The molecule has 1 saturated heterocycles. The lowest BCUT2D eigenvalue weighted by Crippen LogP contribution is -2.36. The fourth-order valence-electron chi connectivity index (χ4n) is 3.76. The number of carbonyl (C=O) groups excluding carboxylic acids is 1. The number of hydrogen-bond donors (Lipinski definition) is 0. The number of nitrogens with zero attached hydrogens (tertiary/aromatic N) is 3. The molecule has 0 aliphatic carbocycles.